The summed E-state index contributed by atoms with van der Waals surface area (Å²) in [5.74, 6) is 0.0392. The van der Waals surface area contributed by atoms with Crippen molar-refractivity contribution in [2.45, 2.75) is 17.9 Å². The Kier molecular flexibility index (Phi) is 3.32. The van der Waals surface area contributed by atoms with Gasteiger partial charge in [0.1, 0.15) is 5.60 Å². The van der Waals surface area contributed by atoms with Crippen LogP contribution in [0.3, 0.4) is 0 Å². The maximum atomic E-state index is 11.2. The molecule has 98 valence electrons. The molecule has 2 N–H and O–H groups in total. The highest BCUT2D eigenvalue weighted by Crippen LogP contribution is 2.39. The zero-order valence-corrected chi connectivity index (χ0v) is 10.8. The third-order valence-electron chi connectivity index (χ3n) is 3.90. The highest BCUT2D eigenvalue weighted by atomic mass is 16.3. The molecule has 2 atom stereocenters. The second kappa shape index (κ2) is 5.11. The van der Waals surface area contributed by atoms with Crippen LogP contribution in [0, 0.1) is 0 Å². The topological polar surface area (TPSA) is 45.1 Å². The maximum Gasteiger partial charge on any atom is 0.110 e. The van der Waals surface area contributed by atoms with Gasteiger partial charge < -0.3 is 10.4 Å². The number of aromatic nitrogens is 1. The average molecular weight is 254 g/mol. The summed E-state index contributed by atoms with van der Waals surface area (Å²) in [7, 11) is 0. The van der Waals surface area contributed by atoms with E-state index in [0.29, 0.717) is 6.54 Å². The fourth-order valence-corrected chi connectivity index (χ4v) is 2.89. The van der Waals surface area contributed by atoms with Crippen LogP contribution in [0.15, 0.2) is 54.7 Å². The number of hydrogen-bond donors (Lipinski definition) is 2. The van der Waals surface area contributed by atoms with Crippen molar-refractivity contribution in [2.75, 3.05) is 13.1 Å². The molecule has 2 unspecified atom stereocenters. The predicted octanol–water partition coefficient (Wildman–Crippen LogP) is 2.05. The first-order valence-corrected chi connectivity index (χ1v) is 6.70. The second-order valence-corrected chi connectivity index (χ2v) is 5.06. The predicted molar refractivity (Wildman–Crippen MR) is 74.8 cm³/mol. The van der Waals surface area contributed by atoms with E-state index in [1.165, 1.54) is 0 Å². The van der Waals surface area contributed by atoms with Gasteiger partial charge in [-0.3, -0.25) is 4.98 Å². The number of piperidine rings is 1. The lowest BCUT2D eigenvalue weighted by Crippen LogP contribution is -2.48. The van der Waals surface area contributed by atoms with Crippen molar-refractivity contribution in [1.82, 2.24) is 10.3 Å². The van der Waals surface area contributed by atoms with Gasteiger partial charge in [0.15, 0.2) is 0 Å². The summed E-state index contributed by atoms with van der Waals surface area (Å²) >= 11 is 0. The number of rotatable bonds is 2. The Balaban J connectivity index is 2.02. The van der Waals surface area contributed by atoms with Crippen molar-refractivity contribution in [2.24, 2.45) is 0 Å². The quantitative estimate of drug-likeness (QED) is 0.862. The van der Waals surface area contributed by atoms with Crippen LogP contribution in [-0.2, 0) is 5.60 Å². The highest BCUT2D eigenvalue weighted by molar-refractivity contribution is 5.30. The molecule has 0 aliphatic carbocycles. The standard InChI is InChI=1S/C16H18N2O/c19-16(13-6-2-1-3-7-13)12-17-11-9-14(16)15-8-4-5-10-18-15/h1-8,10,14,17,19H,9,11-12H2. The molecule has 2 aromatic rings. The molecule has 1 aromatic carbocycles. The van der Waals surface area contributed by atoms with E-state index in [-0.39, 0.29) is 5.92 Å². The van der Waals surface area contributed by atoms with Gasteiger partial charge in [0.25, 0.3) is 0 Å². The molecule has 1 aromatic heterocycles. The Labute approximate surface area is 113 Å². The lowest BCUT2D eigenvalue weighted by Gasteiger charge is -2.40. The third-order valence-corrected chi connectivity index (χ3v) is 3.90. The van der Waals surface area contributed by atoms with E-state index >= 15 is 0 Å². The Morgan fingerprint density at radius 1 is 1.11 bits per heavy atom. The number of pyridine rings is 1. The van der Waals surface area contributed by atoms with Crippen molar-refractivity contribution in [1.29, 1.82) is 0 Å². The molecule has 0 saturated carbocycles. The Hall–Kier alpha value is -1.71. The summed E-state index contributed by atoms with van der Waals surface area (Å²) in [6.45, 7) is 1.48. The largest absolute Gasteiger partial charge is 0.383 e. The maximum absolute atomic E-state index is 11.2. The minimum absolute atomic E-state index is 0.0392. The van der Waals surface area contributed by atoms with E-state index in [1.54, 1.807) is 6.20 Å². The number of nitrogens with one attached hydrogen (secondary N) is 1. The van der Waals surface area contributed by atoms with Gasteiger partial charge in [-0.25, -0.2) is 0 Å². The second-order valence-electron chi connectivity index (χ2n) is 5.06. The molecule has 0 amide bonds. The molecule has 1 aliphatic heterocycles. The van der Waals surface area contributed by atoms with Crippen molar-refractivity contribution in [3.8, 4) is 0 Å². The molecule has 19 heavy (non-hydrogen) atoms. The van der Waals surface area contributed by atoms with Crippen molar-refractivity contribution in [3.63, 3.8) is 0 Å². The van der Waals surface area contributed by atoms with Crippen LogP contribution in [0.4, 0.5) is 0 Å². The smallest absolute Gasteiger partial charge is 0.110 e. The lowest BCUT2D eigenvalue weighted by molar-refractivity contribution is -0.0109. The summed E-state index contributed by atoms with van der Waals surface area (Å²) < 4.78 is 0. The Morgan fingerprint density at radius 2 is 1.89 bits per heavy atom. The van der Waals surface area contributed by atoms with E-state index in [1.807, 2.05) is 48.5 Å². The molecule has 3 rings (SSSR count). The highest BCUT2D eigenvalue weighted by Gasteiger charge is 2.41. The molecule has 3 nitrogen and oxygen atoms in total. The fourth-order valence-electron chi connectivity index (χ4n) is 2.89. The van der Waals surface area contributed by atoms with Gasteiger partial charge in [0.2, 0.25) is 0 Å². The van der Waals surface area contributed by atoms with Crippen LogP contribution >= 0.6 is 0 Å². The van der Waals surface area contributed by atoms with Crippen LogP contribution in [0.2, 0.25) is 0 Å². The normalized spacial score (nSPS) is 27.1. The van der Waals surface area contributed by atoms with Crippen molar-refractivity contribution < 1.29 is 5.11 Å². The van der Waals surface area contributed by atoms with Crippen LogP contribution in [0.1, 0.15) is 23.6 Å². The van der Waals surface area contributed by atoms with E-state index in [0.717, 1.165) is 24.2 Å². The van der Waals surface area contributed by atoms with Crippen LogP contribution in [0.25, 0.3) is 0 Å². The summed E-state index contributed by atoms with van der Waals surface area (Å²) in [4.78, 5) is 4.44. The minimum atomic E-state index is -0.881. The zero-order chi connectivity index (χ0) is 13.1. The van der Waals surface area contributed by atoms with Gasteiger partial charge in [-0.15, -0.1) is 0 Å². The summed E-state index contributed by atoms with van der Waals surface area (Å²) in [6.07, 6.45) is 2.69. The molecule has 1 aliphatic rings. The summed E-state index contributed by atoms with van der Waals surface area (Å²) in [6, 6.07) is 15.8. The van der Waals surface area contributed by atoms with Gasteiger partial charge in [0, 0.05) is 24.4 Å². The van der Waals surface area contributed by atoms with Gasteiger partial charge in [-0.05, 0) is 30.7 Å². The van der Waals surface area contributed by atoms with E-state index in [4.69, 9.17) is 0 Å². The average Bonchev–Trinajstić information content (AvgIpc) is 2.49. The molecule has 0 bridgehead atoms. The number of nitrogens with zero attached hydrogens (tertiary/aromatic N) is 1. The number of aliphatic hydroxyl groups is 1. The molecule has 1 saturated heterocycles. The van der Waals surface area contributed by atoms with Crippen molar-refractivity contribution in [3.05, 3.63) is 66.0 Å². The summed E-state index contributed by atoms with van der Waals surface area (Å²) in [5.41, 5.74) is 1.04. The molecule has 1 fully saturated rings. The number of β-amino-alcohol motifs (C(OH)–C–C–N with tert-alkyl or cyclic N) is 1. The van der Waals surface area contributed by atoms with E-state index < -0.39 is 5.60 Å². The van der Waals surface area contributed by atoms with Gasteiger partial charge in [-0.1, -0.05) is 36.4 Å². The Bertz CT molecular complexity index is 529. The number of hydrogen-bond acceptors (Lipinski definition) is 3. The first-order valence-electron chi connectivity index (χ1n) is 6.70. The molecule has 2 heterocycles. The molecule has 0 radical (unpaired) electrons. The first-order chi connectivity index (χ1) is 9.31. The monoisotopic (exact) mass is 254 g/mol. The van der Waals surface area contributed by atoms with Crippen molar-refractivity contribution >= 4 is 0 Å². The lowest BCUT2D eigenvalue weighted by atomic mass is 9.75. The molecule has 3 heteroatoms. The van der Waals surface area contributed by atoms with E-state index in [2.05, 4.69) is 10.3 Å². The Morgan fingerprint density at radius 3 is 2.63 bits per heavy atom. The number of benzene rings is 1. The van der Waals surface area contributed by atoms with Gasteiger partial charge >= 0.3 is 0 Å². The minimum Gasteiger partial charge on any atom is -0.383 e. The molecular weight excluding hydrogens is 236 g/mol. The van der Waals surface area contributed by atoms with Gasteiger partial charge in [-0.2, -0.15) is 0 Å². The molecular formula is C16H18N2O. The molecule has 0 spiro atoms. The van der Waals surface area contributed by atoms with E-state index in [9.17, 15) is 5.11 Å². The SMILES string of the molecule is OC1(c2ccccc2)CNCCC1c1ccccn1. The zero-order valence-electron chi connectivity index (χ0n) is 10.8. The van der Waals surface area contributed by atoms with Crippen LogP contribution in [-0.4, -0.2) is 23.2 Å². The van der Waals surface area contributed by atoms with Crippen LogP contribution < -0.4 is 5.32 Å². The van der Waals surface area contributed by atoms with Crippen LogP contribution in [0.5, 0.6) is 0 Å². The van der Waals surface area contributed by atoms with Gasteiger partial charge in [0.05, 0.1) is 0 Å². The summed E-state index contributed by atoms with van der Waals surface area (Å²) in [5, 5.41) is 14.4. The fraction of sp³-hybridized carbons (Fsp3) is 0.312. The third kappa shape index (κ3) is 2.27. The first kappa shape index (κ1) is 12.3.